The average Bonchev–Trinajstić information content (AvgIpc) is 2.34. The van der Waals surface area contributed by atoms with Gasteiger partial charge in [-0.2, -0.15) is 0 Å². The Bertz CT molecular complexity index is 367. The molecule has 2 heteroatoms. The van der Waals surface area contributed by atoms with E-state index in [2.05, 4.69) is 5.32 Å². The summed E-state index contributed by atoms with van der Waals surface area (Å²) < 4.78 is 0. The van der Waals surface area contributed by atoms with Crippen molar-refractivity contribution in [2.24, 2.45) is 0 Å². The molecule has 0 fully saturated rings. The minimum absolute atomic E-state index is 0.121. The summed E-state index contributed by atoms with van der Waals surface area (Å²) in [5.74, 6) is 0.121. The third kappa shape index (κ3) is 0.589. The summed E-state index contributed by atoms with van der Waals surface area (Å²) in [6.45, 7) is 0. The first-order valence-corrected chi connectivity index (χ1v) is 3.07. The van der Waals surface area contributed by atoms with Gasteiger partial charge in [0.05, 0.1) is 0 Å². The fourth-order valence-electron chi connectivity index (χ4n) is 1.01. The van der Waals surface area contributed by atoms with Crippen molar-refractivity contribution in [1.82, 2.24) is 5.32 Å². The van der Waals surface area contributed by atoms with Crippen LogP contribution in [0.15, 0.2) is 24.3 Å². The van der Waals surface area contributed by atoms with Gasteiger partial charge in [-0.15, -0.1) is 0 Å². The Morgan fingerprint density at radius 2 is 2.00 bits per heavy atom. The van der Waals surface area contributed by atoms with Crippen LogP contribution in [0, 0.1) is 0 Å². The van der Waals surface area contributed by atoms with Crippen molar-refractivity contribution in [3.8, 4) is 0 Å². The summed E-state index contributed by atoms with van der Waals surface area (Å²) in [5.41, 5.74) is 0. The van der Waals surface area contributed by atoms with Crippen molar-refractivity contribution in [1.29, 1.82) is 0 Å². The standard InChI is InChI=1S/C8H6NO/c10-8-7-4-2-1-3-6(7)5-9-8/h1-5,10H. The van der Waals surface area contributed by atoms with Crippen LogP contribution in [0.5, 0.6) is 0 Å². The van der Waals surface area contributed by atoms with Gasteiger partial charge in [-0.25, -0.2) is 5.32 Å². The first-order chi connectivity index (χ1) is 4.88. The summed E-state index contributed by atoms with van der Waals surface area (Å²) in [7, 11) is 0. The summed E-state index contributed by atoms with van der Waals surface area (Å²) in [5, 5.41) is 14.7. The lowest BCUT2D eigenvalue weighted by Gasteiger charge is -1.84. The molecule has 1 aromatic rings. The Hall–Kier alpha value is -1.44. The van der Waals surface area contributed by atoms with Crippen molar-refractivity contribution in [3.63, 3.8) is 0 Å². The molecule has 10 heavy (non-hydrogen) atoms. The zero-order chi connectivity index (χ0) is 6.97. The lowest BCUT2D eigenvalue weighted by molar-refractivity contribution is 0.479. The van der Waals surface area contributed by atoms with Gasteiger partial charge in [0.1, 0.15) is 0 Å². The molecule has 0 aromatic heterocycles. The molecule has 0 saturated carbocycles. The molecule has 0 saturated heterocycles. The maximum atomic E-state index is 9.10. The van der Waals surface area contributed by atoms with Crippen LogP contribution in [0.1, 0.15) is 0 Å². The molecule has 2 rings (SSSR count). The van der Waals surface area contributed by atoms with Crippen LogP contribution in [-0.4, -0.2) is 5.11 Å². The van der Waals surface area contributed by atoms with E-state index in [0.29, 0.717) is 0 Å². The molecule has 1 aromatic carbocycles. The number of hydrogen-bond acceptors (Lipinski definition) is 1. The van der Waals surface area contributed by atoms with Gasteiger partial charge in [0.2, 0.25) is 5.88 Å². The van der Waals surface area contributed by atoms with E-state index in [4.69, 9.17) is 5.11 Å². The van der Waals surface area contributed by atoms with Gasteiger partial charge in [-0.1, -0.05) is 18.2 Å². The van der Waals surface area contributed by atoms with Crippen molar-refractivity contribution in [3.05, 3.63) is 34.7 Å². The lowest BCUT2D eigenvalue weighted by atomic mass is 10.3. The number of aliphatic hydroxyl groups excluding tert-OH is 1. The van der Waals surface area contributed by atoms with E-state index in [1.165, 1.54) is 0 Å². The van der Waals surface area contributed by atoms with Crippen LogP contribution < -0.4 is 15.8 Å². The Kier molecular flexibility index (Phi) is 0.947. The zero-order valence-electron chi connectivity index (χ0n) is 5.28. The second kappa shape index (κ2) is 1.77. The van der Waals surface area contributed by atoms with Crippen LogP contribution in [0.25, 0.3) is 12.1 Å². The molecule has 0 unspecified atom stereocenters. The van der Waals surface area contributed by atoms with Gasteiger partial charge in [-0.3, -0.25) is 0 Å². The largest absolute Gasteiger partial charge is 0.493 e. The van der Waals surface area contributed by atoms with Crippen molar-refractivity contribution >= 4 is 12.1 Å². The van der Waals surface area contributed by atoms with Gasteiger partial charge in [-0.05, 0) is 6.07 Å². The molecule has 0 spiro atoms. The van der Waals surface area contributed by atoms with E-state index in [1.807, 2.05) is 24.3 Å². The van der Waals surface area contributed by atoms with Crippen LogP contribution in [0.4, 0.5) is 0 Å². The van der Waals surface area contributed by atoms with Crippen molar-refractivity contribution in [2.75, 3.05) is 0 Å². The summed E-state index contributed by atoms with van der Waals surface area (Å²) in [6.07, 6.45) is 1.66. The number of benzene rings is 1. The van der Waals surface area contributed by atoms with E-state index < -0.39 is 0 Å². The second-order valence-corrected chi connectivity index (χ2v) is 2.17. The van der Waals surface area contributed by atoms with E-state index in [1.54, 1.807) is 6.20 Å². The highest BCUT2D eigenvalue weighted by Gasteiger charge is 2.00. The average molecular weight is 132 g/mol. The smallest absolute Gasteiger partial charge is 0.218 e. The monoisotopic (exact) mass is 132 g/mol. The molecule has 0 aliphatic carbocycles. The first-order valence-electron chi connectivity index (χ1n) is 3.07. The first kappa shape index (κ1) is 5.35. The summed E-state index contributed by atoms with van der Waals surface area (Å²) >= 11 is 0. The molecule has 49 valence electrons. The number of nitrogens with zero attached hydrogens (tertiary/aromatic N) is 1. The van der Waals surface area contributed by atoms with Gasteiger partial charge in [0.25, 0.3) is 0 Å². The van der Waals surface area contributed by atoms with Gasteiger partial charge >= 0.3 is 0 Å². The van der Waals surface area contributed by atoms with Crippen LogP contribution in [0.3, 0.4) is 0 Å². The SMILES string of the molecule is OC1=c2ccccc2=C[N]1. The molecule has 1 N–H and O–H groups in total. The highest BCUT2D eigenvalue weighted by Crippen LogP contribution is 1.85. The van der Waals surface area contributed by atoms with Gasteiger partial charge in [0.15, 0.2) is 0 Å². The quantitative estimate of drug-likeness (QED) is 0.515. The predicted octanol–water partition coefficient (Wildman–Crippen LogP) is -0.334. The fourth-order valence-corrected chi connectivity index (χ4v) is 1.01. The third-order valence-corrected chi connectivity index (χ3v) is 1.53. The Morgan fingerprint density at radius 1 is 1.20 bits per heavy atom. The topological polar surface area (TPSA) is 34.3 Å². The molecule has 1 heterocycles. The maximum Gasteiger partial charge on any atom is 0.218 e. The molecule has 0 bridgehead atoms. The fraction of sp³-hybridized carbons (Fsp3) is 0. The molecule has 0 amide bonds. The Balaban J connectivity index is 2.96. The van der Waals surface area contributed by atoms with Gasteiger partial charge in [0, 0.05) is 16.6 Å². The molecule has 1 aliphatic rings. The summed E-state index contributed by atoms with van der Waals surface area (Å²) in [6, 6.07) is 7.56. The minimum Gasteiger partial charge on any atom is -0.493 e. The predicted molar refractivity (Wildman–Crippen MR) is 38.3 cm³/mol. The van der Waals surface area contributed by atoms with Crippen LogP contribution in [-0.2, 0) is 0 Å². The van der Waals surface area contributed by atoms with Gasteiger partial charge < -0.3 is 5.11 Å². The number of rotatable bonds is 0. The van der Waals surface area contributed by atoms with Crippen LogP contribution in [0.2, 0.25) is 0 Å². The molecular formula is C8H6NO. The minimum atomic E-state index is 0.121. The van der Waals surface area contributed by atoms with E-state index in [0.717, 1.165) is 10.4 Å². The van der Waals surface area contributed by atoms with Crippen molar-refractivity contribution < 1.29 is 5.11 Å². The van der Waals surface area contributed by atoms with Crippen LogP contribution >= 0.6 is 0 Å². The lowest BCUT2D eigenvalue weighted by Crippen LogP contribution is -2.21. The normalized spacial score (nSPS) is 13.8. The molecule has 2 nitrogen and oxygen atoms in total. The Labute approximate surface area is 58.1 Å². The maximum absolute atomic E-state index is 9.10. The number of fused-ring (bicyclic) bond motifs is 1. The molecule has 0 atom stereocenters. The molecule has 1 aliphatic heterocycles. The number of aliphatic hydroxyl groups is 1. The van der Waals surface area contributed by atoms with E-state index in [-0.39, 0.29) is 5.88 Å². The zero-order valence-corrected chi connectivity index (χ0v) is 5.28. The van der Waals surface area contributed by atoms with E-state index >= 15 is 0 Å². The highest BCUT2D eigenvalue weighted by atomic mass is 16.3. The second-order valence-electron chi connectivity index (χ2n) is 2.17. The van der Waals surface area contributed by atoms with Crippen molar-refractivity contribution in [2.45, 2.75) is 0 Å². The number of hydrogen-bond donors (Lipinski definition) is 1. The third-order valence-electron chi connectivity index (χ3n) is 1.53. The molecular weight excluding hydrogens is 126 g/mol. The molecule has 1 radical (unpaired) electrons. The highest BCUT2D eigenvalue weighted by molar-refractivity contribution is 5.48. The Morgan fingerprint density at radius 3 is 2.80 bits per heavy atom. The van der Waals surface area contributed by atoms with E-state index in [9.17, 15) is 0 Å². The summed E-state index contributed by atoms with van der Waals surface area (Å²) in [4.78, 5) is 0.